The van der Waals surface area contributed by atoms with Crippen molar-refractivity contribution in [2.45, 2.75) is 0 Å². The second-order valence-electron chi connectivity index (χ2n) is 3.56. The highest BCUT2D eigenvalue weighted by molar-refractivity contribution is 5.77. The SMILES string of the molecule is Fc1cccc2c1ncn2-c1ccccc1. The maximum absolute atomic E-state index is 13.4. The van der Waals surface area contributed by atoms with Crippen LogP contribution in [0.2, 0.25) is 0 Å². The third kappa shape index (κ3) is 1.29. The minimum atomic E-state index is -0.285. The van der Waals surface area contributed by atoms with Crippen LogP contribution in [0.4, 0.5) is 4.39 Å². The third-order valence-corrected chi connectivity index (χ3v) is 2.56. The Morgan fingerprint density at radius 2 is 1.75 bits per heavy atom. The molecule has 1 aromatic heterocycles. The molecule has 0 atom stereocenters. The molecule has 16 heavy (non-hydrogen) atoms. The van der Waals surface area contributed by atoms with Crippen molar-refractivity contribution in [2.24, 2.45) is 0 Å². The number of imidazole rings is 1. The van der Waals surface area contributed by atoms with Crippen molar-refractivity contribution in [1.29, 1.82) is 0 Å². The van der Waals surface area contributed by atoms with E-state index in [-0.39, 0.29) is 5.82 Å². The number of fused-ring (bicyclic) bond motifs is 1. The summed E-state index contributed by atoms with van der Waals surface area (Å²) < 4.78 is 15.3. The molecule has 2 nitrogen and oxygen atoms in total. The van der Waals surface area contributed by atoms with Crippen LogP contribution in [0.25, 0.3) is 16.7 Å². The number of para-hydroxylation sites is 2. The van der Waals surface area contributed by atoms with Gasteiger partial charge in [0.15, 0.2) is 5.82 Å². The third-order valence-electron chi connectivity index (χ3n) is 2.56. The Morgan fingerprint density at radius 1 is 0.938 bits per heavy atom. The van der Waals surface area contributed by atoms with Gasteiger partial charge in [-0.05, 0) is 24.3 Å². The smallest absolute Gasteiger partial charge is 0.151 e. The summed E-state index contributed by atoms with van der Waals surface area (Å²) >= 11 is 0. The van der Waals surface area contributed by atoms with Gasteiger partial charge in [-0.1, -0.05) is 24.3 Å². The molecule has 0 unspecified atom stereocenters. The molecule has 0 amide bonds. The minimum absolute atomic E-state index is 0.285. The van der Waals surface area contributed by atoms with Crippen LogP contribution in [0.1, 0.15) is 0 Å². The van der Waals surface area contributed by atoms with Crippen molar-refractivity contribution < 1.29 is 4.39 Å². The lowest BCUT2D eigenvalue weighted by Crippen LogP contribution is -1.90. The van der Waals surface area contributed by atoms with Crippen LogP contribution >= 0.6 is 0 Å². The van der Waals surface area contributed by atoms with Gasteiger partial charge in [0.1, 0.15) is 11.8 Å². The summed E-state index contributed by atoms with van der Waals surface area (Å²) in [7, 11) is 0. The van der Waals surface area contributed by atoms with Crippen LogP contribution in [0.5, 0.6) is 0 Å². The van der Waals surface area contributed by atoms with Crippen LogP contribution in [0.3, 0.4) is 0 Å². The molecule has 0 aliphatic rings. The largest absolute Gasteiger partial charge is 0.299 e. The van der Waals surface area contributed by atoms with Gasteiger partial charge >= 0.3 is 0 Å². The Hall–Kier alpha value is -2.16. The monoisotopic (exact) mass is 212 g/mol. The predicted molar refractivity (Wildman–Crippen MR) is 61.0 cm³/mol. The summed E-state index contributed by atoms with van der Waals surface area (Å²) in [5.74, 6) is -0.285. The van der Waals surface area contributed by atoms with Gasteiger partial charge in [-0.2, -0.15) is 0 Å². The first kappa shape index (κ1) is 9.09. The molecule has 0 N–H and O–H groups in total. The molecule has 0 aliphatic carbocycles. The Labute approximate surface area is 92.0 Å². The molecule has 0 radical (unpaired) electrons. The number of hydrogen-bond donors (Lipinski definition) is 0. The zero-order chi connectivity index (χ0) is 11.0. The van der Waals surface area contributed by atoms with E-state index in [9.17, 15) is 4.39 Å². The normalized spacial score (nSPS) is 10.8. The van der Waals surface area contributed by atoms with Crippen LogP contribution < -0.4 is 0 Å². The fourth-order valence-corrected chi connectivity index (χ4v) is 1.80. The predicted octanol–water partition coefficient (Wildman–Crippen LogP) is 3.16. The number of nitrogens with zero attached hydrogens (tertiary/aromatic N) is 2. The highest BCUT2D eigenvalue weighted by Gasteiger charge is 2.07. The summed E-state index contributed by atoms with van der Waals surface area (Å²) in [5, 5.41) is 0. The Morgan fingerprint density at radius 3 is 2.56 bits per heavy atom. The van der Waals surface area contributed by atoms with Crippen molar-refractivity contribution in [2.75, 3.05) is 0 Å². The van der Waals surface area contributed by atoms with E-state index in [0.29, 0.717) is 5.52 Å². The molecule has 1 heterocycles. The number of benzene rings is 2. The highest BCUT2D eigenvalue weighted by atomic mass is 19.1. The van der Waals surface area contributed by atoms with Gasteiger partial charge in [0.2, 0.25) is 0 Å². The zero-order valence-corrected chi connectivity index (χ0v) is 8.47. The molecule has 3 heteroatoms. The summed E-state index contributed by atoms with van der Waals surface area (Å²) in [4.78, 5) is 4.08. The molecule has 0 aliphatic heterocycles. The molecule has 78 valence electrons. The van der Waals surface area contributed by atoms with Crippen molar-refractivity contribution in [1.82, 2.24) is 9.55 Å². The minimum Gasteiger partial charge on any atom is -0.299 e. The van der Waals surface area contributed by atoms with Crippen LogP contribution in [-0.2, 0) is 0 Å². The van der Waals surface area contributed by atoms with Gasteiger partial charge in [-0.25, -0.2) is 9.37 Å². The lowest BCUT2D eigenvalue weighted by atomic mass is 10.3. The van der Waals surface area contributed by atoms with E-state index in [1.165, 1.54) is 6.07 Å². The average Bonchev–Trinajstić information content (AvgIpc) is 2.75. The van der Waals surface area contributed by atoms with Crippen LogP contribution in [0.15, 0.2) is 54.9 Å². The Balaban J connectivity index is 2.30. The molecule has 3 aromatic rings. The number of hydrogen-bond acceptors (Lipinski definition) is 1. The molecule has 2 aromatic carbocycles. The summed E-state index contributed by atoms with van der Waals surface area (Å²) in [5.41, 5.74) is 2.17. The molecule has 0 spiro atoms. The molecule has 0 bridgehead atoms. The number of halogens is 1. The van der Waals surface area contributed by atoms with Gasteiger partial charge in [0.25, 0.3) is 0 Å². The molecular weight excluding hydrogens is 203 g/mol. The summed E-state index contributed by atoms with van der Waals surface area (Å²) in [6.45, 7) is 0. The van der Waals surface area contributed by atoms with Crippen molar-refractivity contribution in [3.8, 4) is 5.69 Å². The molecule has 0 saturated heterocycles. The molecule has 0 saturated carbocycles. The van der Waals surface area contributed by atoms with Gasteiger partial charge < -0.3 is 0 Å². The van der Waals surface area contributed by atoms with Crippen LogP contribution in [-0.4, -0.2) is 9.55 Å². The molecule has 0 fully saturated rings. The van der Waals surface area contributed by atoms with E-state index >= 15 is 0 Å². The maximum Gasteiger partial charge on any atom is 0.151 e. The molecule has 3 rings (SSSR count). The van der Waals surface area contributed by atoms with E-state index in [4.69, 9.17) is 0 Å². The van der Waals surface area contributed by atoms with Crippen LogP contribution in [0, 0.1) is 5.82 Å². The highest BCUT2D eigenvalue weighted by Crippen LogP contribution is 2.19. The van der Waals surface area contributed by atoms with E-state index in [0.717, 1.165) is 11.2 Å². The number of rotatable bonds is 1. The topological polar surface area (TPSA) is 17.8 Å². The zero-order valence-electron chi connectivity index (χ0n) is 8.47. The fourth-order valence-electron chi connectivity index (χ4n) is 1.80. The van der Waals surface area contributed by atoms with E-state index in [2.05, 4.69) is 4.98 Å². The first-order chi connectivity index (χ1) is 7.86. The second kappa shape index (κ2) is 3.45. The van der Waals surface area contributed by atoms with Crippen molar-refractivity contribution >= 4 is 11.0 Å². The average molecular weight is 212 g/mol. The summed E-state index contributed by atoms with van der Waals surface area (Å²) in [6, 6.07) is 14.7. The van der Waals surface area contributed by atoms with Gasteiger partial charge in [0.05, 0.1) is 5.52 Å². The first-order valence-corrected chi connectivity index (χ1v) is 5.03. The standard InChI is InChI=1S/C13H9FN2/c14-11-7-4-8-12-13(11)15-9-16(12)10-5-2-1-3-6-10/h1-9H. The maximum atomic E-state index is 13.4. The van der Waals surface area contributed by atoms with E-state index < -0.39 is 0 Å². The Bertz CT molecular complexity index is 629. The fraction of sp³-hybridized carbons (Fsp3) is 0. The first-order valence-electron chi connectivity index (χ1n) is 5.03. The Kier molecular flexibility index (Phi) is 1.96. The lowest BCUT2D eigenvalue weighted by Gasteiger charge is -2.03. The van der Waals surface area contributed by atoms with E-state index in [1.54, 1.807) is 12.4 Å². The van der Waals surface area contributed by atoms with Gasteiger partial charge in [-0.3, -0.25) is 4.57 Å². The summed E-state index contributed by atoms with van der Waals surface area (Å²) in [6.07, 6.45) is 1.64. The lowest BCUT2D eigenvalue weighted by molar-refractivity contribution is 0.637. The second-order valence-corrected chi connectivity index (χ2v) is 3.56. The number of aromatic nitrogens is 2. The van der Waals surface area contributed by atoms with Gasteiger partial charge in [0, 0.05) is 5.69 Å². The van der Waals surface area contributed by atoms with Crippen molar-refractivity contribution in [3.63, 3.8) is 0 Å². The van der Waals surface area contributed by atoms with Crippen molar-refractivity contribution in [3.05, 3.63) is 60.7 Å². The quantitative estimate of drug-likeness (QED) is 0.605. The molecular formula is C13H9FN2. The van der Waals surface area contributed by atoms with E-state index in [1.807, 2.05) is 41.0 Å². The van der Waals surface area contributed by atoms with Gasteiger partial charge in [-0.15, -0.1) is 0 Å².